The van der Waals surface area contributed by atoms with E-state index in [1.807, 2.05) is 6.29 Å². The van der Waals surface area contributed by atoms with E-state index in [-0.39, 0.29) is 19.3 Å². The van der Waals surface area contributed by atoms with E-state index in [0.717, 1.165) is 25.7 Å². The van der Waals surface area contributed by atoms with Crippen molar-refractivity contribution in [2.45, 2.75) is 95.4 Å². The smallest absolute Gasteiger partial charge is 0.241 e. The first-order chi connectivity index (χ1) is 12.8. The Morgan fingerprint density at radius 1 is 0.889 bits per heavy atom. The number of hydrogen-bond acceptors (Lipinski definition) is 7. The SMILES string of the molecule is CCC(C(O)C/C=C\CC(C(O)CCCCCCC[C]=O)[N+](=O)[O-])[N+](=O)[O-]. The molecule has 0 rings (SSSR count). The van der Waals surface area contributed by atoms with E-state index in [1.54, 1.807) is 6.92 Å². The van der Waals surface area contributed by atoms with Gasteiger partial charge in [-0.05, 0) is 19.3 Å². The van der Waals surface area contributed by atoms with Gasteiger partial charge in [0, 0.05) is 29.1 Å². The Labute approximate surface area is 159 Å². The quantitative estimate of drug-likeness (QED) is 0.169. The van der Waals surface area contributed by atoms with Crippen molar-refractivity contribution in [1.29, 1.82) is 0 Å². The maximum atomic E-state index is 11.2. The van der Waals surface area contributed by atoms with Crippen LogP contribution in [0.25, 0.3) is 0 Å². The summed E-state index contributed by atoms with van der Waals surface area (Å²) in [5.41, 5.74) is 0. The van der Waals surface area contributed by atoms with Crippen molar-refractivity contribution in [1.82, 2.24) is 0 Å². The maximum absolute atomic E-state index is 11.2. The predicted octanol–water partition coefficient (Wildman–Crippen LogP) is 2.59. The molecule has 9 nitrogen and oxygen atoms in total. The van der Waals surface area contributed by atoms with Gasteiger partial charge in [-0.15, -0.1) is 0 Å². The third kappa shape index (κ3) is 11.4. The summed E-state index contributed by atoms with van der Waals surface area (Å²) in [5.74, 6) is 0. The number of carbonyl (C=O) groups excluding carboxylic acids is 1. The van der Waals surface area contributed by atoms with Crippen LogP contribution in [0.5, 0.6) is 0 Å². The molecular weight excluding hydrogens is 356 g/mol. The monoisotopic (exact) mass is 387 g/mol. The first kappa shape index (κ1) is 25.1. The minimum absolute atomic E-state index is 0.00527. The summed E-state index contributed by atoms with van der Waals surface area (Å²) in [4.78, 5) is 31.0. The molecule has 4 atom stereocenters. The number of hydrogen-bond donors (Lipinski definition) is 2. The molecule has 0 aromatic carbocycles. The second-order valence-corrected chi connectivity index (χ2v) is 6.64. The van der Waals surface area contributed by atoms with Gasteiger partial charge in [-0.3, -0.25) is 25.0 Å². The van der Waals surface area contributed by atoms with E-state index >= 15 is 0 Å². The van der Waals surface area contributed by atoms with E-state index < -0.39 is 34.1 Å². The van der Waals surface area contributed by atoms with E-state index in [9.17, 15) is 35.2 Å². The Morgan fingerprint density at radius 2 is 1.44 bits per heavy atom. The first-order valence-electron chi connectivity index (χ1n) is 9.48. The fourth-order valence-electron chi connectivity index (χ4n) is 2.85. The zero-order chi connectivity index (χ0) is 20.7. The van der Waals surface area contributed by atoms with Gasteiger partial charge in [0.1, 0.15) is 12.2 Å². The highest BCUT2D eigenvalue weighted by Crippen LogP contribution is 2.15. The van der Waals surface area contributed by atoms with Crippen molar-refractivity contribution in [3.8, 4) is 0 Å². The average molecular weight is 387 g/mol. The van der Waals surface area contributed by atoms with E-state index in [4.69, 9.17) is 0 Å². The normalized spacial score (nSPS) is 16.0. The summed E-state index contributed by atoms with van der Waals surface area (Å²) in [5, 5.41) is 41.8. The van der Waals surface area contributed by atoms with E-state index in [2.05, 4.69) is 0 Å². The lowest BCUT2D eigenvalue weighted by Crippen LogP contribution is -2.33. The molecule has 9 heteroatoms. The van der Waals surface area contributed by atoms with Crippen LogP contribution in [0.2, 0.25) is 0 Å². The zero-order valence-corrected chi connectivity index (χ0v) is 15.9. The largest absolute Gasteiger partial charge is 0.386 e. The second kappa shape index (κ2) is 15.2. The lowest BCUT2D eigenvalue weighted by molar-refractivity contribution is -0.534. The molecular formula is C18H31N2O7. The topological polar surface area (TPSA) is 144 Å². The number of unbranched alkanes of at least 4 members (excludes halogenated alkanes) is 5. The van der Waals surface area contributed by atoms with Crippen molar-refractivity contribution in [3.05, 3.63) is 32.4 Å². The van der Waals surface area contributed by atoms with Gasteiger partial charge in [0.15, 0.2) is 6.29 Å². The number of nitro groups is 2. The van der Waals surface area contributed by atoms with Gasteiger partial charge in [-0.25, -0.2) is 0 Å². The predicted molar refractivity (Wildman–Crippen MR) is 100 cm³/mol. The Hall–Kier alpha value is -1.87. The molecule has 0 aromatic rings. The molecule has 0 bridgehead atoms. The highest BCUT2D eigenvalue weighted by molar-refractivity contribution is 5.50. The fraction of sp³-hybridized carbons (Fsp3) is 0.833. The third-order valence-electron chi connectivity index (χ3n) is 4.55. The molecule has 27 heavy (non-hydrogen) atoms. The van der Waals surface area contributed by atoms with Crippen LogP contribution in [0, 0.1) is 20.2 Å². The van der Waals surface area contributed by atoms with Crippen LogP contribution in [-0.4, -0.2) is 50.6 Å². The molecule has 0 aromatic heterocycles. The van der Waals surface area contributed by atoms with Crippen molar-refractivity contribution >= 4 is 6.29 Å². The summed E-state index contributed by atoms with van der Waals surface area (Å²) >= 11 is 0. The number of aliphatic hydroxyl groups is 2. The highest BCUT2D eigenvalue weighted by Gasteiger charge is 2.29. The van der Waals surface area contributed by atoms with Gasteiger partial charge in [0.2, 0.25) is 12.1 Å². The Kier molecular flexibility index (Phi) is 14.2. The Balaban J connectivity index is 4.25. The van der Waals surface area contributed by atoms with Gasteiger partial charge in [-0.1, -0.05) is 44.8 Å². The third-order valence-corrected chi connectivity index (χ3v) is 4.55. The second-order valence-electron chi connectivity index (χ2n) is 6.64. The van der Waals surface area contributed by atoms with Crippen LogP contribution in [0.3, 0.4) is 0 Å². The molecule has 0 amide bonds. The maximum Gasteiger partial charge on any atom is 0.241 e. The van der Waals surface area contributed by atoms with Crippen molar-refractivity contribution < 1.29 is 24.9 Å². The fourth-order valence-corrected chi connectivity index (χ4v) is 2.85. The molecule has 0 aliphatic carbocycles. The van der Waals surface area contributed by atoms with Gasteiger partial charge in [0.25, 0.3) is 0 Å². The van der Waals surface area contributed by atoms with Gasteiger partial charge in [-0.2, -0.15) is 0 Å². The van der Waals surface area contributed by atoms with Crippen LogP contribution >= 0.6 is 0 Å². The molecule has 0 saturated heterocycles. The Morgan fingerprint density at radius 3 is 2.00 bits per heavy atom. The van der Waals surface area contributed by atoms with E-state index in [1.165, 1.54) is 12.2 Å². The van der Waals surface area contributed by atoms with Crippen LogP contribution < -0.4 is 0 Å². The van der Waals surface area contributed by atoms with Gasteiger partial charge >= 0.3 is 0 Å². The standard InChI is InChI=1S/C18H31N2O7/c1-2-15(19(24)25)17(22)13-9-8-11-16(20(26)27)18(23)12-7-5-3-4-6-10-14-21/h8-9,15-18,22-23H,2-7,10-13H2,1H3/b9-8-. The molecule has 155 valence electrons. The lowest BCUT2D eigenvalue weighted by atomic mass is 10.00. The number of nitrogens with zero attached hydrogens (tertiary/aromatic N) is 2. The van der Waals surface area contributed by atoms with Crippen LogP contribution in [0.4, 0.5) is 0 Å². The van der Waals surface area contributed by atoms with Crippen LogP contribution in [-0.2, 0) is 4.79 Å². The molecule has 2 N–H and O–H groups in total. The molecule has 0 heterocycles. The van der Waals surface area contributed by atoms with Crippen molar-refractivity contribution in [2.24, 2.45) is 0 Å². The van der Waals surface area contributed by atoms with Gasteiger partial charge in [0.05, 0.1) is 0 Å². The lowest BCUT2D eigenvalue weighted by Gasteiger charge is -2.15. The Bertz CT molecular complexity index is 471. The van der Waals surface area contributed by atoms with Gasteiger partial charge < -0.3 is 10.2 Å². The zero-order valence-electron chi connectivity index (χ0n) is 15.9. The summed E-state index contributed by atoms with van der Waals surface area (Å²) in [6.45, 7) is 1.61. The highest BCUT2D eigenvalue weighted by atomic mass is 16.6. The van der Waals surface area contributed by atoms with Crippen LogP contribution in [0.1, 0.15) is 71.1 Å². The molecule has 1 radical (unpaired) electrons. The first-order valence-corrected chi connectivity index (χ1v) is 9.48. The molecule has 0 aliphatic heterocycles. The molecule has 0 saturated carbocycles. The minimum Gasteiger partial charge on any atom is -0.386 e. The summed E-state index contributed by atoms with van der Waals surface area (Å²) in [6.07, 6.45) is 7.68. The number of aliphatic hydroxyl groups excluding tert-OH is 2. The van der Waals surface area contributed by atoms with Crippen molar-refractivity contribution in [2.75, 3.05) is 0 Å². The summed E-state index contributed by atoms with van der Waals surface area (Å²) in [7, 11) is 0. The minimum atomic E-state index is -1.14. The molecule has 0 spiro atoms. The average Bonchev–Trinajstić information content (AvgIpc) is 2.60. The molecule has 0 fully saturated rings. The number of rotatable bonds is 17. The van der Waals surface area contributed by atoms with Crippen molar-refractivity contribution in [3.63, 3.8) is 0 Å². The van der Waals surface area contributed by atoms with Crippen LogP contribution in [0.15, 0.2) is 12.2 Å². The molecule has 4 unspecified atom stereocenters. The summed E-state index contributed by atoms with van der Waals surface area (Å²) < 4.78 is 0. The molecule has 0 aliphatic rings. The summed E-state index contributed by atoms with van der Waals surface area (Å²) in [6, 6.07) is -2.20. The van der Waals surface area contributed by atoms with E-state index in [0.29, 0.717) is 19.3 Å².